The largest absolute Gasteiger partial charge is 0.308 e. The maximum Gasteiger partial charge on any atom is 0.0759 e. The highest BCUT2D eigenvalue weighted by Crippen LogP contribution is 2.17. The second-order valence-electron chi connectivity index (χ2n) is 5.28. The quantitative estimate of drug-likeness (QED) is 0.873. The molecule has 3 nitrogen and oxygen atoms in total. The molecule has 0 aliphatic carbocycles. The maximum absolute atomic E-state index is 4.53. The first-order valence-corrected chi connectivity index (χ1v) is 7.26. The van der Waals surface area contributed by atoms with E-state index in [4.69, 9.17) is 0 Å². The summed E-state index contributed by atoms with van der Waals surface area (Å²) in [5, 5.41) is 3.57. The molecule has 0 spiro atoms. The molecule has 20 heavy (non-hydrogen) atoms. The van der Waals surface area contributed by atoms with Gasteiger partial charge in [-0.25, -0.2) is 0 Å². The fourth-order valence-corrected chi connectivity index (χ4v) is 2.26. The summed E-state index contributed by atoms with van der Waals surface area (Å²) in [7, 11) is 0. The maximum atomic E-state index is 4.53. The third-order valence-electron chi connectivity index (χ3n) is 3.32. The van der Waals surface area contributed by atoms with E-state index >= 15 is 0 Å². The van der Waals surface area contributed by atoms with Crippen LogP contribution in [0.25, 0.3) is 0 Å². The zero-order valence-electron chi connectivity index (χ0n) is 12.6. The van der Waals surface area contributed by atoms with Crippen LogP contribution in [0.4, 0.5) is 0 Å². The van der Waals surface area contributed by atoms with Crippen LogP contribution in [0.15, 0.2) is 36.7 Å². The minimum atomic E-state index is 0.227. The Bertz CT molecular complexity index is 534. The Balaban J connectivity index is 2.16. The van der Waals surface area contributed by atoms with Crippen LogP contribution >= 0.6 is 0 Å². The van der Waals surface area contributed by atoms with Crippen LogP contribution in [0.1, 0.15) is 41.9 Å². The minimum Gasteiger partial charge on any atom is -0.308 e. The first-order chi connectivity index (χ1) is 9.69. The van der Waals surface area contributed by atoms with Gasteiger partial charge >= 0.3 is 0 Å². The van der Waals surface area contributed by atoms with Gasteiger partial charge in [-0.05, 0) is 38.8 Å². The Morgan fingerprint density at radius 1 is 1.15 bits per heavy atom. The first kappa shape index (κ1) is 14.7. The highest BCUT2D eigenvalue weighted by molar-refractivity contribution is 5.24. The second kappa shape index (κ2) is 7.15. The number of hydrogen-bond acceptors (Lipinski definition) is 3. The monoisotopic (exact) mass is 269 g/mol. The van der Waals surface area contributed by atoms with Crippen molar-refractivity contribution in [1.29, 1.82) is 0 Å². The Kier molecular flexibility index (Phi) is 5.24. The predicted molar refractivity (Wildman–Crippen MR) is 82.7 cm³/mol. The summed E-state index contributed by atoms with van der Waals surface area (Å²) in [5.74, 6) is 0. The average Bonchev–Trinajstić information content (AvgIpc) is 2.44. The number of aryl methyl sites for hydroxylation is 2. The molecule has 1 unspecified atom stereocenters. The summed E-state index contributed by atoms with van der Waals surface area (Å²) in [6.45, 7) is 7.26. The van der Waals surface area contributed by atoms with Gasteiger partial charge in [-0.15, -0.1) is 0 Å². The van der Waals surface area contributed by atoms with Crippen molar-refractivity contribution < 1.29 is 0 Å². The van der Waals surface area contributed by atoms with Gasteiger partial charge in [0.2, 0.25) is 0 Å². The molecule has 106 valence electrons. The summed E-state index contributed by atoms with van der Waals surface area (Å²) in [6.07, 6.45) is 5.79. The fourth-order valence-electron chi connectivity index (χ4n) is 2.26. The summed E-state index contributed by atoms with van der Waals surface area (Å²) in [6, 6.07) is 8.88. The van der Waals surface area contributed by atoms with E-state index < -0.39 is 0 Å². The Morgan fingerprint density at radius 3 is 2.65 bits per heavy atom. The molecule has 1 N–H and O–H groups in total. The molecule has 1 atom stereocenters. The predicted octanol–water partition coefficient (Wildman–Crippen LogP) is 3.38. The van der Waals surface area contributed by atoms with Gasteiger partial charge in [-0.3, -0.25) is 9.97 Å². The molecule has 1 aromatic heterocycles. The SMILES string of the molecule is CCCNC(Cc1cccc(C)c1)c1cnc(C)cn1. The Hall–Kier alpha value is -1.74. The summed E-state index contributed by atoms with van der Waals surface area (Å²) < 4.78 is 0. The molecular weight excluding hydrogens is 246 g/mol. The van der Waals surface area contributed by atoms with Gasteiger partial charge in [-0.2, -0.15) is 0 Å². The van der Waals surface area contributed by atoms with E-state index in [0.29, 0.717) is 0 Å². The number of benzene rings is 1. The number of nitrogens with one attached hydrogen (secondary N) is 1. The van der Waals surface area contributed by atoms with Crippen molar-refractivity contribution in [3.63, 3.8) is 0 Å². The van der Waals surface area contributed by atoms with E-state index in [1.54, 1.807) is 0 Å². The van der Waals surface area contributed by atoms with Crippen LogP contribution in [0, 0.1) is 13.8 Å². The molecule has 0 fully saturated rings. The van der Waals surface area contributed by atoms with Crippen molar-refractivity contribution >= 4 is 0 Å². The molecular formula is C17H23N3. The summed E-state index contributed by atoms with van der Waals surface area (Å²) in [5.41, 5.74) is 4.61. The third kappa shape index (κ3) is 4.14. The van der Waals surface area contributed by atoms with E-state index in [0.717, 1.165) is 30.8 Å². The van der Waals surface area contributed by atoms with Crippen LogP contribution in [0.2, 0.25) is 0 Å². The topological polar surface area (TPSA) is 37.8 Å². The summed E-state index contributed by atoms with van der Waals surface area (Å²) in [4.78, 5) is 8.89. The van der Waals surface area contributed by atoms with Gasteiger partial charge in [0.25, 0.3) is 0 Å². The minimum absolute atomic E-state index is 0.227. The molecule has 2 aromatic rings. The Morgan fingerprint density at radius 2 is 2.00 bits per heavy atom. The standard InChI is InChI=1S/C17H23N3/c1-4-8-18-16(17-12-19-14(3)11-20-17)10-15-7-5-6-13(2)9-15/h5-7,9,11-12,16,18H,4,8,10H2,1-3H3. The van der Waals surface area contributed by atoms with E-state index in [2.05, 4.69) is 53.4 Å². The van der Waals surface area contributed by atoms with Gasteiger partial charge in [0, 0.05) is 6.20 Å². The van der Waals surface area contributed by atoms with Gasteiger partial charge in [-0.1, -0.05) is 36.8 Å². The molecule has 0 saturated carbocycles. The van der Waals surface area contributed by atoms with Crippen LogP contribution in [0.5, 0.6) is 0 Å². The molecule has 0 saturated heterocycles. The average molecular weight is 269 g/mol. The normalized spacial score (nSPS) is 12.3. The van der Waals surface area contributed by atoms with E-state index in [-0.39, 0.29) is 6.04 Å². The van der Waals surface area contributed by atoms with Gasteiger partial charge in [0.05, 0.1) is 23.6 Å². The molecule has 1 aromatic carbocycles. The van der Waals surface area contributed by atoms with Crippen LogP contribution in [-0.2, 0) is 6.42 Å². The second-order valence-corrected chi connectivity index (χ2v) is 5.28. The van der Waals surface area contributed by atoms with Crippen molar-refractivity contribution in [3.05, 3.63) is 59.2 Å². The lowest BCUT2D eigenvalue weighted by molar-refractivity contribution is 0.515. The van der Waals surface area contributed by atoms with Crippen molar-refractivity contribution in [3.8, 4) is 0 Å². The van der Waals surface area contributed by atoms with Crippen LogP contribution < -0.4 is 5.32 Å². The summed E-state index contributed by atoms with van der Waals surface area (Å²) >= 11 is 0. The highest BCUT2D eigenvalue weighted by Gasteiger charge is 2.13. The smallest absolute Gasteiger partial charge is 0.0759 e. The molecule has 1 heterocycles. The van der Waals surface area contributed by atoms with Gasteiger partial charge in [0.1, 0.15) is 0 Å². The van der Waals surface area contributed by atoms with E-state index in [9.17, 15) is 0 Å². The lowest BCUT2D eigenvalue weighted by atomic mass is 10.0. The zero-order valence-corrected chi connectivity index (χ0v) is 12.6. The van der Waals surface area contributed by atoms with Crippen molar-refractivity contribution in [2.24, 2.45) is 0 Å². The number of rotatable bonds is 6. The zero-order chi connectivity index (χ0) is 14.4. The fraction of sp³-hybridized carbons (Fsp3) is 0.412. The van der Waals surface area contributed by atoms with Gasteiger partial charge in [0.15, 0.2) is 0 Å². The highest BCUT2D eigenvalue weighted by atomic mass is 14.9. The molecule has 0 aliphatic rings. The van der Waals surface area contributed by atoms with E-state index in [1.807, 2.05) is 19.3 Å². The van der Waals surface area contributed by atoms with Gasteiger partial charge < -0.3 is 5.32 Å². The molecule has 0 aliphatic heterocycles. The third-order valence-corrected chi connectivity index (χ3v) is 3.32. The number of nitrogens with zero attached hydrogens (tertiary/aromatic N) is 2. The molecule has 0 amide bonds. The molecule has 0 radical (unpaired) electrons. The van der Waals surface area contributed by atoms with Crippen molar-refractivity contribution in [1.82, 2.24) is 15.3 Å². The Labute approximate surface area is 121 Å². The number of hydrogen-bond donors (Lipinski definition) is 1. The lowest BCUT2D eigenvalue weighted by Crippen LogP contribution is -2.25. The van der Waals surface area contributed by atoms with Crippen molar-refractivity contribution in [2.45, 2.75) is 39.7 Å². The molecule has 2 rings (SSSR count). The lowest BCUT2D eigenvalue weighted by Gasteiger charge is -2.18. The molecule has 3 heteroatoms. The first-order valence-electron chi connectivity index (χ1n) is 7.26. The van der Waals surface area contributed by atoms with Crippen LogP contribution in [-0.4, -0.2) is 16.5 Å². The van der Waals surface area contributed by atoms with Crippen molar-refractivity contribution in [2.75, 3.05) is 6.54 Å². The van der Waals surface area contributed by atoms with E-state index in [1.165, 1.54) is 11.1 Å². The number of aromatic nitrogens is 2. The molecule has 0 bridgehead atoms. The van der Waals surface area contributed by atoms with Crippen LogP contribution in [0.3, 0.4) is 0 Å².